The van der Waals surface area contributed by atoms with Crippen molar-refractivity contribution in [2.75, 3.05) is 26.4 Å². The normalized spacial score (nSPS) is 12.5. The third-order valence-corrected chi connectivity index (χ3v) is 8.10. The van der Waals surface area contributed by atoms with E-state index in [2.05, 4.69) is 10.6 Å². The molecule has 0 aliphatic carbocycles. The maximum atomic E-state index is 13.5. The minimum Gasteiger partial charge on any atom is -0.466 e. The first-order chi connectivity index (χ1) is 20.7. The molecule has 242 valence electrons. The number of hydrogen-bond donors (Lipinski definition) is 4. The molecule has 1 amide bonds. The maximum Gasteiger partial charge on any atom is 0.352 e. The van der Waals surface area contributed by atoms with Crippen LogP contribution in [0.15, 0.2) is 54.6 Å². The molecule has 0 fully saturated rings. The van der Waals surface area contributed by atoms with Gasteiger partial charge in [0.2, 0.25) is 5.91 Å². The zero-order valence-corrected chi connectivity index (χ0v) is 26.7. The summed E-state index contributed by atoms with van der Waals surface area (Å²) < 4.78 is 28.4. The number of benzene rings is 2. The molecule has 2 aromatic carbocycles. The Kier molecular flexibility index (Phi) is 14.2. The largest absolute Gasteiger partial charge is 0.466 e. The van der Waals surface area contributed by atoms with Crippen molar-refractivity contribution in [1.82, 2.24) is 10.6 Å². The molecule has 0 saturated heterocycles. The van der Waals surface area contributed by atoms with Gasteiger partial charge in [-0.15, -0.1) is 0 Å². The zero-order chi connectivity index (χ0) is 32.9. The Morgan fingerprint density at radius 2 is 1.34 bits per heavy atom. The Morgan fingerprint density at radius 3 is 1.82 bits per heavy atom. The van der Waals surface area contributed by atoms with Crippen LogP contribution in [0.3, 0.4) is 0 Å². The lowest BCUT2D eigenvalue weighted by Crippen LogP contribution is -2.61. The first-order valence-electron chi connectivity index (χ1n) is 14.4. The van der Waals surface area contributed by atoms with Crippen molar-refractivity contribution >= 4 is 31.4 Å². The molecule has 0 bridgehead atoms. The Labute approximate surface area is 258 Å². The van der Waals surface area contributed by atoms with Crippen LogP contribution >= 0.6 is 7.60 Å². The first kappa shape index (κ1) is 36.6. The fraction of sp³-hybridized carbons (Fsp3) is 0.484. The Morgan fingerprint density at radius 1 is 0.818 bits per heavy atom. The van der Waals surface area contributed by atoms with Gasteiger partial charge >= 0.3 is 25.5 Å². The maximum absolute atomic E-state index is 13.5. The van der Waals surface area contributed by atoms with Gasteiger partial charge in [-0.2, -0.15) is 0 Å². The summed E-state index contributed by atoms with van der Waals surface area (Å²) in [5, 5.41) is 2.84. The van der Waals surface area contributed by atoms with Gasteiger partial charge in [-0.3, -0.25) is 29.1 Å². The van der Waals surface area contributed by atoms with Crippen LogP contribution in [0.4, 0.5) is 0 Å². The molecular formula is C31H43N2O10P. The van der Waals surface area contributed by atoms with E-state index in [9.17, 15) is 33.5 Å². The van der Waals surface area contributed by atoms with Crippen molar-refractivity contribution in [3.63, 3.8) is 0 Å². The average molecular weight is 635 g/mol. The van der Waals surface area contributed by atoms with Gasteiger partial charge in [0.25, 0.3) is 0 Å². The number of esters is 3. The Bertz CT molecular complexity index is 1270. The fourth-order valence-electron chi connectivity index (χ4n) is 3.97. The number of ether oxygens (including phenoxy) is 3. The van der Waals surface area contributed by atoms with Crippen molar-refractivity contribution in [2.45, 2.75) is 58.8 Å². The molecule has 4 N–H and O–H groups in total. The van der Waals surface area contributed by atoms with Crippen LogP contribution in [-0.2, 0) is 44.4 Å². The molecule has 0 heterocycles. The molecule has 12 nitrogen and oxygen atoms in total. The van der Waals surface area contributed by atoms with E-state index in [0.29, 0.717) is 5.56 Å². The Balaban J connectivity index is 2.46. The van der Waals surface area contributed by atoms with Crippen LogP contribution < -0.4 is 10.6 Å². The molecule has 0 aromatic heterocycles. The first-order valence-corrected chi connectivity index (χ1v) is 16.0. The molecule has 0 radical (unpaired) electrons. The molecule has 0 aliphatic heterocycles. The average Bonchev–Trinajstić information content (AvgIpc) is 2.97. The quantitative estimate of drug-likeness (QED) is 0.114. The molecule has 0 spiro atoms. The minimum atomic E-state index is -5.30. The number of carbonyl (C=O) groups is 4. The van der Waals surface area contributed by atoms with Crippen LogP contribution in [0.25, 0.3) is 11.1 Å². The Hall–Kier alpha value is -3.57. The fourth-order valence-corrected chi connectivity index (χ4v) is 4.76. The molecule has 0 saturated carbocycles. The van der Waals surface area contributed by atoms with Crippen molar-refractivity contribution in [2.24, 2.45) is 11.8 Å². The highest BCUT2D eigenvalue weighted by Crippen LogP contribution is 2.49. The molecule has 13 heteroatoms. The molecule has 2 rings (SSSR count). The van der Waals surface area contributed by atoms with Crippen LogP contribution in [0.2, 0.25) is 0 Å². The monoisotopic (exact) mass is 634 g/mol. The molecule has 1 atom stereocenters. The van der Waals surface area contributed by atoms with Gasteiger partial charge in [-0.1, -0.05) is 82.3 Å². The number of amides is 1. The van der Waals surface area contributed by atoms with Crippen LogP contribution in [0.5, 0.6) is 0 Å². The van der Waals surface area contributed by atoms with Crippen LogP contribution in [-0.4, -0.2) is 71.3 Å². The number of nitrogens with one attached hydrogen (secondary N) is 2. The third-order valence-electron chi connectivity index (χ3n) is 6.60. The van der Waals surface area contributed by atoms with E-state index < -0.39 is 67.8 Å². The second kappa shape index (κ2) is 17.1. The zero-order valence-electron chi connectivity index (χ0n) is 25.8. The summed E-state index contributed by atoms with van der Waals surface area (Å²) in [4.78, 5) is 71.1. The molecule has 2 aromatic rings. The topological polar surface area (TPSA) is 178 Å². The molecule has 44 heavy (non-hydrogen) atoms. The third kappa shape index (κ3) is 11.2. The van der Waals surface area contributed by atoms with Crippen molar-refractivity contribution in [3.8, 4) is 11.1 Å². The molecule has 1 unspecified atom stereocenters. The summed E-state index contributed by atoms with van der Waals surface area (Å²) in [5.41, 5.74) is 2.54. The summed E-state index contributed by atoms with van der Waals surface area (Å²) in [6.07, 6.45) is -0.183. The van der Waals surface area contributed by atoms with E-state index in [-0.39, 0.29) is 26.0 Å². The van der Waals surface area contributed by atoms with Gasteiger partial charge in [0.15, 0.2) is 5.28 Å². The van der Waals surface area contributed by atoms with Gasteiger partial charge in [-0.05, 0) is 30.0 Å². The van der Waals surface area contributed by atoms with Crippen molar-refractivity contribution < 1.29 is 47.7 Å². The van der Waals surface area contributed by atoms with E-state index in [1.54, 1.807) is 46.8 Å². The SMILES string of the molecule is CCOC(=O)CCNC(=O)C(Cc1ccc(-c2ccccc2)cc1)NC(COC(=O)C(C)C)(COC(=O)C(C)C)P(=O)(O)O. The predicted octanol–water partition coefficient (Wildman–Crippen LogP) is 3.20. The van der Waals surface area contributed by atoms with E-state index >= 15 is 0 Å². The lowest BCUT2D eigenvalue weighted by molar-refractivity contribution is -0.153. The summed E-state index contributed by atoms with van der Waals surface area (Å²) in [7, 11) is -5.30. The minimum absolute atomic E-state index is 0.0572. The van der Waals surface area contributed by atoms with E-state index in [4.69, 9.17) is 14.2 Å². The van der Waals surface area contributed by atoms with Gasteiger partial charge in [0, 0.05) is 6.54 Å². The molecule has 0 aliphatic rings. The van der Waals surface area contributed by atoms with Gasteiger partial charge in [0.1, 0.15) is 13.2 Å². The highest BCUT2D eigenvalue weighted by atomic mass is 31.2. The van der Waals surface area contributed by atoms with Crippen molar-refractivity contribution in [1.29, 1.82) is 0 Å². The highest BCUT2D eigenvalue weighted by Gasteiger charge is 2.52. The standard InChI is InChI=1S/C31H43N2O10P/c1-6-41-27(34)16-17-32-28(35)26(18-23-12-14-25(15-13-23)24-10-8-7-9-11-24)33-31(44(38,39)40,19-42-29(36)21(2)3)20-43-30(37)22(4)5/h7-15,21-22,26,33H,6,16-20H2,1-5H3,(H,32,35)(H2,38,39,40). The van der Waals surface area contributed by atoms with Crippen LogP contribution in [0, 0.1) is 11.8 Å². The second-order valence-electron chi connectivity index (χ2n) is 10.9. The van der Waals surface area contributed by atoms with E-state index in [1.165, 1.54) is 0 Å². The van der Waals surface area contributed by atoms with Crippen molar-refractivity contribution in [3.05, 3.63) is 60.2 Å². The number of hydrogen-bond acceptors (Lipinski definition) is 9. The van der Waals surface area contributed by atoms with Gasteiger partial charge in [-0.25, -0.2) is 0 Å². The number of carbonyl (C=O) groups excluding carboxylic acids is 4. The smallest absolute Gasteiger partial charge is 0.352 e. The summed E-state index contributed by atoms with van der Waals surface area (Å²) in [5.74, 6) is -3.94. The predicted molar refractivity (Wildman–Crippen MR) is 163 cm³/mol. The summed E-state index contributed by atoms with van der Waals surface area (Å²) in [6, 6.07) is 15.6. The summed E-state index contributed by atoms with van der Waals surface area (Å²) >= 11 is 0. The van der Waals surface area contributed by atoms with Crippen LogP contribution in [0.1, 0.15) is 46.6 Å². The van der Waals surface area contributed by atoms with E-state index in [1.807, 2.05) is 42.5 Å². The van der Waals surface area contributed by atoms with Gasteiger partial charge in [0.05, 0.1) is 30.9 Å². The van der Waals surface area contributed by atoms with E-state index in [0.717, 1.165) is 11.1 Å². The van der Waals surface area contributed by atoms with Gasteiger partial charge < -0.3 is 29.3 Å². The second-order valence-corrected chi connectivity index (χ2v) is 12.9. The highest BCUT2D eigenvalue weighted by molar-refractivity contribution is 7.53. The summed E-state index contributed by atoms with van der Waals surface area (Å²) in [6.45, 7) is 6.14. The lowest BCUT2D eigenvalue weighted by Gasteiger charge is -2.37. The number of rotatable bonds is 17. The lowest BCUT2D eigenvalue weighted by atomic mass is 9.99. The molecular weight excluding hydrogens is 591 g/mol.